The lowest BCUT2D eigenvalue weighted by Gasteiger charge is -2.28. The van der Waals surface area contributed by atoms with Gasteiger partial charge in [0, 0.05) is 12.7 Å². The van der Waals surface area contributed by atoms with Crippen LogP contribution in [0.2, 0.25) is 0 Å². The van der Waals surface area contributed by atoms with Gasteiger partial charge in [-0.3, -0.25) is 14.8 Å². The maximum absolute atomic E-state index is 11.0. The van der Waals surface area contributed by atoms with Crippen molar-refractivity contribution in [2.75, 3.05) is 5.75 Å². The van der Waals surface area contributed by atoms with Crippen molar-refractivity contribution >= 4 is 17.7 Å². The second-order valence-corrected chi connectivity index (χ2v) is 5.29. The minimum atomic E-state index is -0.767. The van der Waals surface area contributed by atoms with Gasteiger partial charge >= 0.3 is 5.97 Å². The average Bonchev–Trinajstić information content (AvgIpc) is 2.78. The van der Waals surface area contributed by atoms with E-state index in [2.05, 4.69) is 17.3 Å². The minimum absolute atomic E-state index is 0.0406. The van der Waals surface area contributed by atoms with Crippen molar-refractivity contribution < 1.29 is 9.90 Å². The summed E-state index contributed by atoms with van der Waals surface area (Å²) in [7, 11) is 0. The number of rotatable bonds is 4. The standard InChI is InChI=1S/C11H17N3O2S/c1-2-6-14-9(3-5-12-14)10-13-8(11(15)16)4-7-17-10/h3,5,8,10,13H,2,4,6-7H2,1H3,(H,15,16). The molecule has 0 saturated carbocycles. The Morgan fingerprint density at radius 1 is 1.76 bits per heavy atom. The van der Waals surface area contributed by atoms with Crippen LogP contribution in [0.15, 0.2) is 12.3 Å². The van der Waals surface area contributed by atoms with Crippen LogP contribution in [-0.4, -0.2) is 32.7 Å². The molecule has 2 rings (SSSR count). The molecule has 1 aromatic rings. The van der Waals surface area contributed by atoms with Crippen LogP contribution in [0.1, 0.15) is 30.8 Å². The minimum Gasteiger partial charge on any atom is -0.480 e. The van der Waals surface area contributed by atoms with Crippen molar-refractivity contribution in [3.8, 4) is 0 Å². The van der Waals surface area contributed by atoms with E-state index in [1.165, 1.54) is 0 Å². The van der Waals surface area contributed by atoms with Crippen LogP contribution in [0.4, 0.5) is 0 Å². The predicted octanol–water partition coefficient (Wildman–Crippen LogP) is 1.47. The summed E-state index contributed by atoms with van der Waals surface area (Å²) < 4.78 is 1.95. The van der Waals surface area contributed by atoms with Crippen LogP contribution in [-0.2, 0) is 11.3 Å². The van der Waals surface area contributed by atoms with Crippen LogP contribution in [0.5, 0.6) is 0 Å². The third kappa shape index (κ3) is 2.81. The second kappa shape index (κ2) is 5.55. The molecule has 17 heavy (non-hydrogen) atoms. The van der Waals surface area contributed by atoms with Crippen LogP contribution < -0.4 is 5.32 Å². The van der Waals surface area contributed by atoms with E-state index in [1.807, 2.05) is 10.7 Å². The van der Waals surface area contributed by atoms with E-state index in [-0.39, 0.29) is 5.37 Å². The molecule has 0 aromatic carbocycles. The molecular weight excluding hydrogens is 238 g/mol. The molecule has 0 bridgehead atoms. The fourth-order valence-electron chi connectivity index (χ4n) is 1.95. The summed E-state index contributed by atoms with van der Waals surface area (Å²) in [5.74, 6) is 0.100. The number of thioether (sulfide) groups is 1. The van der Waals surface area contributed by atoms with E-state index in [4.69, 9.17) is 5.11 Å². The Balaban J connectivity index is 2.10. The van der Waals surface area contributed by atoms with Gasteiger partial charge in [-0.2, -0.15) is 5.10 Å². The number of hydrogen-bond donors (Lipinski definition) is 2. The molecule has 6 heteroatoms. The molecule has 1 aliphatic rings. The Bertz CT molecular complexity index is 394. The lowest BCUT2D eigenvalue weighted by Crippen LogP contribution is -2.42. The Morgan fingerprint density at radius 3 is 3.29 bits per heavy atom. The number of aryl methyl sites for hydroxylation is 1. The van der Waals surface area contributed by atoms with E-state index in [0.29, 0.717) is 6.42 Å². The lowest BCUT2D eigenvalue weighted by atomic mass is 10.2. The Kier molecular flexibility index (Phi) is 4.06. The number of carboxylic acid groups (broad SMARTS) is 1. The molecule has 1 aromatic heterocycles. The molecule has 1 aliphatic heterocycles. The van der Waals surface area contributed by atoms with Crippen molar-refractivity contribution in [2.45, 2.75) is 37.7 Å². The first-order valence-corrected chi connectivity index (χ1v) is 6.89. The van der Waals surface area contributed by atoms with Gasteiger partial charge in [-0.1, -0.05) is 6.92 Å². The number of hydrogen-bond acceptors (Lipinski definition) is 4. The summed E-state index contributed by atoms with van der Waals surface area (Å²) in [6.45, 7) is 2.98. The number of carbonyl (C=O) groups is 1. The summed E-state index contributed by atoms with van der Waals surface area (Å²) in [5, 5.41) is 16.5. The van der Waals surface area contributed by atoms with Gasteiger partial charge in [-0.25, -0.2) is 0 Å². The topological polar surface area (TPSA) is 67.2 Å². The number of aromatic nitrogens is 2. The monoisotopic (exact) mass is 255 g/mol. The predicted molar refractivity (Wildman–Crippen MR) is 66.9 cm³/mol. The third-order valence-corrected chi connectivity index (χ3v) is 3.98. The van der Waals surface area contributed by atoms with E-state index in [9.17, 15) is 4.79 Å². The highest BCUT2D eigenvalue weighted by Crippen LogP contribution is 2.31. The van der Waals surface area contributed by atoms with Crippen LogP contribution >= 0.6 is 11.8 Å². The largest absolute Gasteiger partial charge is 0.480 e. The quantitative estimate of drug-likeness (QED) is 0.853. The highest BCUT2D eigenvalue weighted by atomic mass is 32.2. The molecule has 1 fully saturated rings. The van der Waals surface area contributed by atoms with E-state index < -0.39 is 12.0 Å². The lowest BCUT2D eigenvalue weighted by molar-refractivity contribution is -0.139. The summed E-state index contributed by atoms with van der Waals surface area (Å²) in [5.41, 5.74) is 1.07. The molecule has 2 heterocycles. The zero-order valence-corrected chi connectivity index (χ0v) is 10.6. The molecule has 2 unspecified atom stereocenters. The summed E-state index contributed by atoms with van der Waals surface area (Å²) in [6, 6.07) is 1.52. The average molecular weight is 255 g/mol. The van der Waals surface area contributed by atoms with Crippen molar-refractivity contribution in [3.63, 3.8) is 0 Å². The third-order valence-electron chi connectivity index (χ3n) is 2.80. The first-order chi connectivity index (χ1) is 8.22. The Labute approximate surface area is 105 Å². The molecule has 0 radical (unpaired) electrons. The van der Waals surface area contributed by atoms with Crippen molar-refractivity contribution in [3.05, 3.63) is 18.0 Å². The first-order valence-electron chi connectivity index (χ1n) is 5.84. The van der Waals surface area contributed by atoms with Gasteiger partial charge in [0.25, 0.3) is 0 Å². The number of nitrogens with one attached hydrogen (secondary N) is 1. The second-order valence-electron chi connectivity index (χ2n) is 4.08. The molecule has 5 nitrogen and oxygen atoms in total. The van der Waals surface area contributed by atoms with Gasteiger partial charge in [0.1, 0.15) is 6.04 Å². The molecule has 94 valence electrons. The van der Waals surface area contributed by atoms with Gasteiger partial charge in [-0.05, 0) is 24.7 Å². The fourth-order valence-corrected chi connectivity index (χ4v) is 3.19. The summed E-state index contributed by atoms with van der Waals surface area (Å²) in [6.07, 6.45) is 3.48. The molecule has 1 saturated heterocycles. The fraction of sp³-hybridized carbons (Fsp3) is 0.636. The Hall–Kier alpha value is -1.01. The number of aliphatic carboxylic acids is 1. The van der Waals surface area contributed by atoms with E-state index >= 15 is 0 Å². The van der Waals surface area contributed by atoms with E-state index in [0.717, 1.165) is 24.4 Å². The van der Waals surface area contributed by atoms with Crippen molar-refractivity contribution in [2.24, 2.45) is 0 Å². The highest BCUT2D eigenvalue weighted by Gasteiger charge is 2.28. The van der Waals surface area contributed by atoms with Crippen LogP contribution in [0.3, 0.4) is 0 Å². The van der Waals surface area contributed by atoms with E-state index in [1.54, 1.807) is 18.0 Å². The molecular formula is C11H17N3O2S. The normalized spacial score (nSPS) is 24.8. The zero-order chi connectivity index (χ0) is 12.3. The SMILES string of the molecule is CCCn1nccc1C1NC(C(=O)O)CCS1. The van der Waals surface area contributed by atoms with Crippen LogP contribution in [0, 0.1) is 0 Å². The molecule has 0 aliphatic carbocycles. The van der Waals surface area contributed by atoms with Gasteiger partial charge in [0.15, 0.2) is 0 Å². The summed E-state index contributed by atoms with van der Waals surface area (Å²) >= 11 is 1.75. The molecule has 0 spiro atoms. The highest BCUT2D eigenvalue weighted by molar-refractivity contribution is 7.99. The van der Waals surface area contributed by atoms with Crippen molar-refractivity contribution in [1.82, 2.24) is 15.1 Å². The number of carboxylic acids is 1. The van der Waals surface area contributed by atoms with Gasteiger partial charge in [0.2, 0.25) is 0 Å². The van der Waals surface area contributed by atoms with Gasteiger partial charge < -0.3 is 5.11 Å². The smallest absolute Gasteiger partial charge is 0.320 e. The molecule has 0 amide bonds. The van der Waals surface area contributed by atoms with Gasteiger partial charge in [0.05, 0.1) is 11.1 Å². The molecule has 2 atom stereocenters. The maximum atomic E-state index is 11.0. The van der Waals surface area contributed by atoms with Crippen molar-refractivity contribution in [1.29, 1.82) is 0 Å². The number of nitrogens with zero attached hydrogens (tertiary/aromatic N) is 2. The van der Waals surface area contributed by atoms with Crippen LogP contribution in [0.25, 0.3) is 0 Å². The Morgan fingerprint density at radius 2 is 2.59 bits per heavy atom. The van der Waals surface area contributed by atoms with Gasteiger partial charge in [-0.15, -0.1) is 11.8 Å². The zero-order valence-electron chi connectivity index (χ0n) is 9.80. The summed E-state index contributed by atoms with van der Waals surface area (Å²) in [4.78, 5) is 11.0. The molecule has 2 N–H and O–H groups in total. The maximum Gasteiger partial charge on any atom is 0.320 e. The first kappa shape index (κ1) is 12.4.